The van der Waals surface area contributed by atoms with Gasteiger partial charge < -0.3 is 24.4 Å². The van der Waals surface area contributed by atoms with E-state index in [0.29, 0.717) is 45.1 Å². The first-order chi connectivity index (χ1) is 15.1. The zero-order valence-corrected chi connectivity index (χ0v) is 17.1. The molecule has 1 fully saturated rings. The molecule has 2 aromatic rings. The van der Waals surface area contributed by atoms with Crippen molar-refractivity contribution < 1.29 is 24.2 Å². The average Bonchev–Trinajstić information content (AvgIpc) is 2.83. The van der Waals surface area contributed by atoms with E-state index in [0.717, 1.165) is 16.8 Å². The molecule has 0 saturated carbocycles. The second-order valence-corrected chi connectivity index (χ2v) is 7.38. The number of benzene rings is 2. The first kappa shape index (κ1) is 20.6. The van der Waals surface area contributed by atoms with E-state index in [1.54, 1.807) is 4.90 Å². The number of hydrogen-bond donors (Lipinski definition) is 1. The Morgan fingerprint density at radius 2 is 1.74 bits per heavy atom. The predicted molar refractivity (Wildman–Crippen MR) is 116 cm³/mol. The zero-order valence-electron chi connectivity index (χ0n) is 17.1. The maximum Gasteiger partial charge on any atom is 0.411 e. The summed E-state index contributed by atoms with van der Waals surface area (Å²) in [5.74, 6) is 0.540. The molecular weight excluding hydrogens is 398 g/mol. The van der Waals surface area contributed by atoms with Crippen LogP contribution >= 0.6 is 0 Å². The van der Waals surface area contributed by atoms with E-state index in [1.165, 1.54) is 11.1 Å². The van der Waals surface area contributed by atoms with E-state index in [1.807, 2.05) is 54.6 Å². The summed E-state index contributed by atoms with van der Waals surface area (Å²) in [5.41, 5.74) is 2.80. The van der Waals surface area contributed by atoms with Crippen molar-refractivity contribution in [1.29, 1.82) is 0 Å². The van der Waals surface area contributed by atoms with Crippen LogP contribution in [0.2, 0.25) is 0 Å². The fourth-order valence-corrected chi connectivity index (χ4v) is 3.62. The van der Waals surface area contributed by atoms with Crippen molar-refractivity contribution >= 4 is 23.6 Å². The molecule has 2 heterocycles. The average molecular weight is 423 g/mol. The molecule has 4 rings (SSSR count). The summed E-state index contributed by atoms with van der Waals surface area (Å²) >= 11 is 0. The van der Waals surface area contributed by atoms with Crippen LogP contribution < -0.4 is 4.90 Å². The molecule has 2 aliphatic rings. The molecule has 2 amide bonds. The van der Waals surface area contributed by atoms with Crippen molar-refractivity contribution in [2.75, 3.05) is 44.2 Å². The van der Waals surface area contributed by atoms with Gasteiger partial charge in [-0.15, -0.1) is 0 Å². The number of amides is 2. The zero-order chi connectivity index (χ0) is 21.6. The maximum atomic E-state index is 12.4. The molecule has 2 aromatic carbocycles. The van der Waals surface area contributed by atoms with Crippen molar-refractivity contribution in [1.82, 2.24) is 9.80 Å². The molecule has 0 atom stereocenters. The highest BCUT2D eigenvalue weighted by Crippen LogP contribution is 2.25. The van der Waals surface area contributed by atoms with Crippen LogP contribution in [-0.4, -0.2) is 66.4 Å². The van der Waals surface area contributed by atoms with Crippen LogP contribution in [-0.2, 0) is 16.1 Å². The van der Waals surface area contributed by atoms with Crippen LogP contribution in [0.25, 0.3) is 5.76 Å². The molecule has 2 aliphatic heterocycles. The Morgan fingerprint density at radius 1 is 0.968 bits per heavy atom. The summed E-state index contributed by atoms with van der Waals surface area (Å²) in [6, 6.07) is 17.4. The fraction of sp³-hybridized carbons (Fsp3) is 0.304. The van der Waals surface area contributed by atoms with Crippen LogP contribution in [0.3, 0.4) is 0 Å². The van der Waals surface area contributed by atoms with Gasteiger partial charge in [-0.2, -0.15) is 0 Å². The third kappa shape index (κ3) is 5.09. The van der Waals surface area contributed by atoms with E-state index < -0.39 is 6.09 Å². The number of carbonyl (C=O) groups is 2. The molecule has 8 nitrogen and oxygen atoms in total. The van der Waals surface area contributed by atoms with E-state index in [2.05, 4.69) is 4.90 Å². The van der Waals surface area contributed by atoms with E-state index >= 15 is 0 Å². The normalized spacial score (nSPS) is 16.4. The van der Waals surface area contributed by atoms with E-state index in [9.17, 15) is 14.7 Å². The Balaban J connectivity index is 1.34. The quantitative estimate of drug-likeness (QED) is 0.811. The Kier molecular flexibility index (Phi) is 6.26. The highest BCUT2D eigenvalue weighted by Gasteiger charge is 2.23. The van der Waals surface area contributed by atoms with Gasteiger partial charge in [-0.1, -0.05) is 42.5 Å². The summed E-state index contributed by atoms with van der Waals surface area (Å²) in [5, 5.41) is 9.21. The molecule has 31 heavy (non-hydrogen) atoms. The van der Waals surface area contributed by atoms with Gasteiger partial charge >= 0.3 is 12.2 Å². The van der Waals surface area contributed by atoms with Gasteiger partial charge in [-0.25, -0.2) is 9.59 Å². The molecule has 162 valence electrons. The topological polar surface area (TPSA) is 82.6 Å². The van der Waals surface area contributed by atoms with Crippen LogP contribution in [0.15, 0.2) is 60.8 Å². The smallest absolute Gasteiger partial charge is 0.411 e. The van der Waals surface area contributed by atoms with Crippen LogP contribution in [0.4, 0.5) is 15.3 Å². The summed E-state index contributed by atoms with van der Waals surface area (Å²) in [6.07, 6.45) is 0.227. The Bertz CT molecular complexity index is 955. The van der Waals surface area contributed by atoms with Gasteiger partial charge in [0.2, 0.25) is 0 Å². The second kappa shape index (κ2) is 9.42. The Labute approximate surface area is 180 Å². The lowest BCUT2D eigenvalue weighted by molar-refractivity contribution is 0.0942. The van der Waals surface area contributed by atoms with Crippen molar-refractivity contribution in [2.24, 2.45) is 0 Å². The number of nitrogens with zero attached hydrogens (tertiary/aromatic N) is 3. The van der Waals surface area contributed by atoms with Gasteiger partial charge in [0.15, 0.2) is 0 Å². The number of ether oxygens (including phenoxy) is 2. The van der Waals surface area contributed by atoms with Gasteiger partial charge in [0.25, 0.3) is 0 Å². The molecule has 0 aromatic heterocycles. The molecule has 0 unspecified atom stereocenters. The molecule has 1 N–H and O–H groups in total. The van der Waals surface area contributed by atoms with Gasteiger partial charge in [0.1, 0.15) is 19.0 Å². The van der Waals surface area contributed by atoms with Crippen LogP contribution in [0.1, 0.15) is 11.1 Å². The molecular formula is C23H25N3O5. The number of anilines is 1. The summed E-state index contributed by atoms with van der Waals surface area (Å²) < 4.78 is 11.1. The van der Waals surface area contributed by atoms with Gasteiger partial charge in [0, 0.05) is 37.4 Å². The third-order valence-electron chi connectivity index (χ3n) is 5.35. The Morgan fingerprint density at radius 3 is 2.48 bits per heavy atom. The molecule has 0 aliphatic carbocycles. The minimum Gasteiger partial charge on any atom is -0.490 e. The first-order valence-corrected chi connectivity index (χ1v) is 10.3. The summed E-state index contributed by atoms with van der Waals surface area (Å²) in [7, 11) is 0. The minimum absolute atomic E-state index is 0.268. The standard InChI is InChI=1S/C23H25N3O5/c27-22(28)26-13-14-30-21(16-26)19-7-4-8-20(15-19)24-9-11-25(12-10-24)23(29)31-17-18-5-2-1-3-6-18/h1-8,15-16H,9-14,17H2,(H,27,28). The molecule has 0 radical (unpaired) electrons. The van der Waals surface area contributed by atoms with Crippen LogP contribution in [0.5, 0.6) is 0 Å². The number of hydrogen-bond acceptors (Lipinski definition) is 5. The van der Waals surface area contributed by atoms with Crippen LogP contribution in [0, 0.1) is 0 Å². The fourth-order valence-electron chi connectivity index (χ4n) is 3.62. The number of carboxylic acid groups (broad SMARTS) is 1. The van der Waals surface area contributed by atoms with Crippen molar-refractivity contribution in [3.63, 3.8) is 0 Å². The Hall–Kier alpha value is -3.68. The highest BCUT2D eigenvalue weighted by atomic mass is 16.6. The largest absolute Gasteiger partial charge is 0.490 e. The molecule has 0 spiro atoms. The second-order valence-electron chi connectivity index (χ2n) is 7.38. The monoisotopic (exact) mass is 423 g/mol. The third-order valence-corrected chi connectivity index (χ3v) is 5.35. The predicted octanol–water partition coefficient (Wildman–Crippen LogP) is 3.45. The number of piperazine rings is 1. The highest BCUT2D eigenvalue weighted by molar-refractivity contribution is 5.72. The van der Waals surface area contributed by atoms with Gasteiger partial charge in [0.05, 0.1) is 12.7 Å². The lowest BCUT2D eigenvalue weighted by atomic mass is 10.1. The molecule has 0 bridgehead atoms. The minimum atomic E-state index is -0.993. The van der Waals surface area contributed by atoms with Crippen molar-refractivity contribution in [3.8, 4) is 0 Å². The van der Waals surface area contributed by atoms with E-state index in [-0.39, 0.29) is 12.7 Å². The molecule has 1 saturated heterocycles. The van der Waals surface area contributed by atoms with Gasteiger partial charge in [-0.3, -0.25) is 4.90 Å². The van der Waals surface area contributed by atoms with Crippen molar-refractivity contribution in [2.45, 2.75) is 6.61 Å². The van der Waals surface area contributed by atoms with E-state index in [4.69, 9.17) is 9.47 Å². The SMILES string of the molecule is O=C(O)N1C=C(c2cccc(N3CCN(C(=O)OCc4ccccc4)CC3)c2)OCC1. The summed E-state index contributed by atoms with van der Waals surface area (Å²) in [6.45, 7) is 3.43. The first-order valence-electron chi connectivity index (χ1n) is 10.3. The lowest BCUT2D eigenvalue weighted by Crippen LogP contribution is -2.49. The number of carbonyl (C=O) groups excluding carboxylic acids is 1. The maximum absolute atomic E-state index is 12.4. The van der Waals surface area contributed by atoms with Gasteiger partial charge in [-0.05, 0) is 17.7 Å². The molecule has 8 heteroatoms. The van der Waals surface area contributed by atoms with Crippen molar-refractivity contribution in [3.05, 3.63) is 71.9 Å². The number of rotatable bonds is 4. The lowest BCUT2D eigenvalue weighted by Gasteiger charge is -2.35. The summed E-state index contributed by atoms with van der Waals surface area (Å²) in [4.78, 5) is 28.8.